The minimum absolute atomic E-state index is 0.221. The molecule has 98 valence electrons. The molecular weight excluding hydrogens is 240 g/mol. The van der Waals surface area contributed by atoms with E-state index in [0.29, 0.717) is 6.61 Å². The largest absolute Gasteiger partial charge is 0.459 e. The molecule has 0 aromatic heterocycles. The van der Waals surface area contributed by atoms with Crippen LogP contribution in [0.15, 0.2) is 12.2 Å². The van der Waals surface area contributed by atoms with Gasteiger partial charge in [-0.2, -0.15) is 0 Å². The Morgan fingerprint density at radius 1 is 1.32 bits per heavy atom. The molecule has 19 heavy (non-hydrogen) atoms. The minimum atomic E-state index is -0.288. The monoisotopic (exact) mass is 256 g/mol. The van der Waals surface area contributed by atoms with Crippen LogP contribution in [0.4, 0.5) is 0 Å². The van der Waals surface area contributed by atoms with Crippen LogP contribution >= 0.6 is 0 Å². The third-order valence-electron chi connectivity index (χ3n) is 2.38. The van der Waals surface area contributed by atoms with E-state index in [0.717, 1.165) is 12.8 Å². The number of allylic oxidation sites excluding steroid dienone is 1. The van der Waals surface area contributed by atoms with Gasteiger partial charge in [0.15, 0.2) is 0 Å². The lowest BCUT2D eigenvalue weighted by Crippen LogP contribution is -2.35. The van der Waals surface area contributed by atoms with Gasteiger partial charge in [-0.3, -0.25) is 4.79 Å². The highest BCUT2D eigenvalue weighted by Crippen LogP contribution is 2.18. The zero-order valence-corrected chi connectivity index (χ0v) is 11.2. The van der Waals surface area contributed by atoms with Crippen LogP contribution in [0, 0.1) is 35.5 Å². The van der Waals surface area contributed by atoms with E-state index in [1.54, 1.807) is 19.1 Å². The lowest BCUT2D eigenvalue weighted by Gasteiger charge is -2.28. The molecular formula is C16H16O3. The van der Waals surface area contributed by atoms with Crippen LogP contribution in [0.3, 0.4) is 0 Å². The molecule has 1 rings (SSSR count). The molecule has 0 amide bonds. The first kappa shape index (κ1) is 14.9. The summed E-state index contributed by atoms with van der Waals surface area (Å²) in [6, 6.07) is 0. The van der Waals surface area contributed by atoms with Crippen molar-refractivity contribution < 1.29 is 14.3 Å². The zero-order chi connectivity index (χ0) is 13.9. The predicted octanol–water partition coefficient (Wildman–Crippen LogP) is 1.68. The summed E-state index contributed by atoms with van der Waals surface area (Å²) >= 11 is 0. The van der Waals surface area contributed by atoms with Crippen LogP contribution in [0.2, 0.25) is 0 Å². The molecule has 0 bridgehead atoms. The second-order valence-corrected chi connectivity index (χ2v) is 3.88. The normalized spacial score (nSPS) is 21.2. The van der Waals surface area contributed by atoms with Gasteiger partial charge in [0.05, 0.1) is 0 Å². The topological polar surface area (TPSA) is 35.5 Å². The van der Waals surface area contributed by atoms with Crippen LogP contribution in [-0.4, -0.2) is 24.8 Å². The Labute approximate surface area is 114 Å². The number of carbonyl (C=O) groups is 1. The van der Waals surface area contributed by atoms with Crippen molar-refractivity contribution in [2.24, 2.45) is 0 Å². The Morgan fingerprint density at radius 2 is 2.11 bits per heavy atom. The number of rotatable bonds is 2. The number of ether oxygens (including phenoxy) is 2. The van der Waals surface area contributed by atoms with Crippen LogP contribution < -0.4 is 0 Å². The molecule has 1 aliphatic rings. The van der Waals surface area contributed by atoms with E-state index in [1.807, 2.05) is 0 Å². The first-order valence-electron chi connectivity index (χ1n) is 6.12. The van der Waals surface area contributed by atoms with E-state index in [9.17, 15) is 4.79 Å². The van der Waals surface area contributed by atoms with Crippen molar-refractivity contribution in [1.29, 1.82) is 0 Å². The Hall–Kier alpha value is -2.15. The summed E-state index contributed by atoms with van der Waals surface area (Å²) in [5.41, 5.74) is 0. The highest BCUT2D eigenvalue weighted by molar-refractivity contribution is 5.66. The minimum Gasteiger partial charge on any atom is -0.459 e. The van der Waals surface area contributed by atoms with Gasteiger partial charge in [0.1, 0.15) is 12.2 Å². The first-order chi connectivity index (χ1) is 9.24. The SMILES string of the molecule is CC#CC#CC#CC=C[C@@H]1OCCC[C@@H]1OC(C)=O. The molecule has 0 aromatic rings. The second-order valence-electron chi connectivity index (χ2n) is 3.88. The van der Waals surface area contributed by atoms with Crippen molar-refractivity contribution in [3.05, 3.63) is 12.2 Å². The quantitative estimate of drug-likeness (QED) is 0.557. The van der Waals surface area contributed by atoms with Gasteiger partial charge in [0.2, 0.25) is 0 Å². The lowest BCUT2D eigenvalue weighted by molar-refractivity contribution is -0.157. The predicted molar refractivity (Wildman–Crippen MR) is 72.7 cm³/mol. The summed E-state index contributed by atoms with van der Waals surface area (Å²) < 4.78 is 10.8. The molecule has 1 saturated heterocycles. The van der Waals surface area contributed by atoms with Crippen molar-refractivity contribution in [1.82, 2.24) is 0 Å². The highest BCUT2D eigenvalue weighted by atomic mass is 16.6. The Bertz CT molecular complexity index is 511. The van der Waals surface area contributed by atoms with Crippen LogP contribution in [0.5, 0.6) is 0 Å². The van der Waals surface area contributed by atoms with E-state index in [-0.39, 0.29) is 18.2 Å². The fraction of sp³-hybridized carbons (Fsp3) is 0.438. The molecule has 0 unspecified atom stereocenters. The standard InChI is InChI=1S/C16H16O3/c1-3-4-5-6-7-8-9-11-15-16(19-14(2)17)12-10-13-18-15/h9,11,15-16H,10,12-13H2,1-2H3/t15-,16-/m0/s1. The summed E-state index contributed by atoms with van der Waals surface area (Å²) in [4.78, 5) is 11.0. The molecule has 0 spiro atoms. The van der Waals surface area contributed by atoms with E-state index in [2.05, 4.69) is 35.5 Å². The molecule has 0 saturated carbocycles. The van der Waals surface area contributed by atoms with Gasteiger partial charge in [0, 0.05) is 13.5 Å². The average molecular weight is 256 g/mol. The van der Waals surface area contributed by atoms with Crippen molar-refractivity contribution in [2.75, 3.05) is 6.61 Å². The highest BCUT2D eigenvalue weighted by Gasteiger charge is 2.26. The molecule has 3 heteroatoms. The van der Waals surface area contributed by atoms with Gasteiger partial charge in [-0.1, -0.05) is 11.8 Å². The zero-order valence-electron chi connectivity index (χ0n) is 11.2. The summed E-state index contributed by atoms with van der Waals surface area (Å²) in [7, 11) is 0. The van der Waals surface area contributed by atoms with Crippen molar-refractivity contribution in [3.8, 4) is 35.5 Å². The van der Waals surface area contributed by atoms with Gasteiger partial charge in [-0.15, -0.1) is 0 Å². The molecule has 0 aromatic carbocycles. The maximum atomic E-state index is 11.0. The number of hydrogen-bond donors (Lipinski definition) is 0. The molecule has 1 fully saturated rings. The van der Waals surface area contributed by atoms with Crippen LogP contribution in [-0.2, 0) is 14.3 Å². The van der Waals surface area contributed by atoms with Crippen molar-refractivity contribution in [2.45, 2.75) is 38.9 Å². The Morgan fingerprint density at radius 3 is 2.84 bits per heavy atom. The van der Waals surface area contributed by atoms with Crippen molar-refractivity contribution >= 4 is 5.97 Å². The average Bonchev–Trinajstić information content (AvgIpc) is 2.39. The Balaban J connectivity index is 2.54. The summed E-state index contributed by atoms with van der Waals surface area (Å²) in [6.45, 7) is 3.79. The molecule has 0 N–H and O–H groups in total. The van der Waals surface area contributed by atoms with E-state index in [1.165, 1.54) is 6.92 Å². The summed E-state index contributed by atoms with van der Waals surface area (Å²) in [5.74, 6) is 15.6. The fourth-order valence-corrected chi connectivity index (χ4v) is 1.64. The lowest BCUT2D eigenvalue weighted by atomic mass is 10.1. The maximum absolute atomic E-state index is 11.0. The van der Waals surface area contributed by atoms with Gasteiger partial charge < -0.3 is 9.47 Å². The third-order valence-corrected chi connectivity index (χ3v) is 2.38. The van der Waals surface area contributed by atoms with Gasteiger partial charge in [-0.25, -0.2) is 0 Å². The van der Waals surface area contributed by atoms with Crippen LogP contribution in [0.1, 0.15) is 26.7 Å². The molecule has 1 aliphatic heterocycles. The molecule has 0 radical (unpaired) electrons. The molecule has 3 nitrogen and oxygen atoms in total. The number of hydrogen-bond acceptors (Lipinski definition) is 3. The fourth-order valence-electron chi connectivity index (χ4n) is 1.64. The Kier molecular flexibility index (Phi) is 6.96. The number of esters is 1. The van der Waals surface area contributed by atoms with E-state index >= 15 is 0 Å². The maximum Gasteiger partial charge on any atom is 0.303 e. The van der Waals surface area contributed by atoms with Gasteiger partial charge in [0.25, 0.3) is 0 Å². The second kappa shape index (κ2) is 8.87. The third kappa shape index (κ3) is 6.37. The smallest absolute Gasteiger partial charge is 0.303 e. The van der Waals surface area contributed by atoms with Gasteiger partial charge >= 0.3 is 5.97 Å². The summed E-state index contributed by atoms with van der Waals surface area (Å²) in [6.07, 6.45) is 4.73. The molecule has 0 aliphatic carbocycles. The summed E-state index contributed by atoms with van der Waals surface area (Å²) in [5, 5.41) is 0. The van der Waals surface area contributed by atoms with E-state index < -0.39 is 0 Å². The number of carbonyl (C=O) groups excluding carboxylic acids is 1. The molecule has 1 heterocycles. The molecule has 2 atom stereocenters. The van der Waals surface area contributed by atoms with Crippen molar-refractivity contribution in [3.63, 3.8) is 0 Å². The van der Waals surface area contributed by atoms with Gasteiger partial charge in [-0.05, 0) is 55.6 Å². The van der Waals surface area contributed by atoms with E-state index in [4.69, 9.17) is 9.47 Å². The van der Waals surface area contributed by atoms with Crippen LogP contribution in [0.25, 0.3) is 0 Å². The first-order valence-corrected chi connectivity index (χ1v) is 6.12.